The molecule has 0 saturated heterocycles. The summed E-state index contributed by atoms with van der Waals surface area (Å²) >= 11 is 0. The molecule has 6 atom stereocenters. The molecule has 0 N–H and O–H groups in total. The second-order valence-electron chi connectivity index (χ2n) is 8.21. The molecule has 0 nitrogen and oxygen atoms in total. The van der Waals surface area contributed by atoms with Gasteiger partial charge in [-0.25, -0.2) is 0 Å². The van der Waals surface area contributed by atoms with Gasteiger partial charge in [-0.1, -0.05) is 74.5 Å². The SMILES string of the molecule is C[Si](C)(C1CC[C@@H]2C=CC=C[C@H]12)[C@H]1CC[C@@H]2C=CC=C[C@@H]21. The normalized spacial score (nSPS) is 44.1. The minimum Gasteiger partial charge on any atom is -0.0808 e. The van der Waals surface area contributed by atoms with Crippen LogP contribution in [0.1, 0.15) is 25.7 Å². The van der Waals surface area contributed by atoms with E-state index in [1.165, 1.54) is 25.7 Å². The Bertz CT molecular complexity index is 476. The number of hydrogen-bond donors (Lipinski definition) is 0. The molecule has 0 aliphatic heterocycles. The van der Waals surface area contributed by atoms with Crippen LogP contribution in [0.15, 0.2) is 48.6 Å². The lowest BCUT2D eigenvalue weighted by molar-refractivity contribution is 0.517. The molecule has 0 aromatic heterocycles. The van der Waals surface area contributed by atoms with E-state index in [9.17, 15) is 0 Å². The van der Waals surface area contributed by atoms with Gasteiger partial charge in [-0.2, -0.15) is 0 Å². The Morgan fingerprint density at radius 1 is 0.619 bits per heavy atom. The highest BCUT2D eigenvalue weighted by Crippen LogP contribution is 2.58. The summed E-state index contributed by atoms with van der Waals surface area (Å²) in [6.07, 6.45) is 25.1. The van der Waals surface area contributed by atoms with Crippen molar-refractivity contribution in [2.45, 2.75) is 49.9 Å². The molecule has 4 aliphatic carbocycles. The molecule has 0 amide bonds. The van der Waals surface area contributed by atoms with Gasteiger partial charge in [0.1, 0.15) is 0 Å². The van der Waals surface area contributed by atoms with Crippen LogP contribution in [0.4, 0.5) is 0 Å². The Hall–Kier alpha value is -0.823. The van der Waals surface area contributed by atoms with Crippen molar-refractivity contribution in [2.24, 2.45) is 23.7 Å². The van der Waals surface area contributed by atoms with Crippen LogP contribution >= 0.6 is 0 Å². The van der Waals surface area contributed by atoms with E-state index in [1.54, 1.807) is 0 Å². The Morgan fingerprint density at radius 2 is 1.05 bits per heavy atom. The van der Waals surface area contributed by atoms with Crippen LogP contribution < -0.4 is 0 Å². The highest BCUT2D eigenvalue weighted by Gasteiger charge is 2.51. The molecule has 2 saturated carbocycles. The lowest BCUT2D eigenvalue weighted by Crippen LogP contribution is -2.42. The summed E-state index contributed by atoms with van der Waals surface area (Å²) in [7, 11) is -1.22. The summed E-state index contributed by atoms with van der Waals surface area (Å²) in [4.78, 5) is 0. The van der Waals surface area contributed by atoms with Crippen LogP contribution in [0.25, 0.3) is 0 Å². The molecule has 112 valence electrons. The fourth-order valence-electron chi connectivity index (χ4n) is 5.92. The van der Waals surface area contributed by atoms with Crippen molar-refractivity contribution >= 4 is 8.07 Å². The van der Waals surface area contributed by atoms with E-state index in [0.29, 0.717) is 0 Å². The molecule has 0 heterocycles. The molecule has 0 spiro atoms. The molecule has 4 rings (SSSR count). The molecule has 0 aromatic rings. The first-order valence-corrected chi connectivity index (χ1v) is 12.0. The predicted octanol–water partition coefficient (Wildman–Crippen LogP) is 5.74. The largest absolute Gasteiger partial charge is 0.0808 e. The van der Waals surface area contributed by atoms with E-state index >= 15 is 0 Å². The van der Waals surface area contributed by atoms with Gasteiger partial charge in [-0.15, -0.1) is 0 Å². The van der Waals surface area contributed by atoms with Crippen LogP contribution in [0, 0.1) is 23.7 Å². The molecule has 4 aliphatic rings. The van der Waals surface area contributed by atoms with Crippen LogP contribution in [0.3, 0.4) is 0 Å². The highest BCUT2D eigenvalue weighted by atomic mass is 28.3. The average molecular weight is 297 g/mol. The second-order valence-corrected chi connectivity index (χ2v) is 13.3. The van der Waals surface area contributed by atoms with Gasteiger partial charge in [0.25, 0.3) is 0 Å². The van der Waals surface area contributed by atoms with Crippen molar-refractivity contribution in [2.75, 3.05) is 0 Å². The topological polar surface area (TPSA) is 0 Å². The Balaban J connectivity index is 1.59. The van der Waals surface area contributed by atoms with E-state index in [-0.39, 0.29) is 0 Å². The first-order chi connectivity index (χ1) is 10.2. The Morgan fingerprint density at radius 3 is 1.52 bits per heavy atom. The van der Waals surface area contributed by atoms with Crippen molar-refractivity contribution in [1.29, 1.82) is 0 Å². The number of allylic oxidation sites excluding steroid dienone is 8. The van der Waals surface area contributed by atoms with Crippen LogP contribution in [-0.2, 0) is 0 Å². The first-order valence-electron chi connectivity index (χ1n) is 8.88. The number of rotatable bonds is 2. The molecule has 0 bridgehead atoms. The van der Waals surface area contributed by atoms with Crippen molar-refractivity contribution in [1.82, 2.24) is 0 Å². The lowest BCUT2D eigenvalue weighted by atomic mass is 9.91. The van der Waals surface area contributed by atoms with Gasteiger partial charge in [0, 0.05) is 0 Å². The van der Waals surface area contributed by atoms with E-state index in [2.05, 4.69) is 61.7 Å². The van der Waals surface area contributed by atoms with Gasteiger partial charge < -0.3 is 0 Å². The summed E-state index contributed by atoms with van der Waals surface area (Å²) in [6.45, 7) is 5.43. The van der Waals surface area contributed by atoms with Crippen LogP contribution in [0.5, 0.6) is 0 Å². The van der Waals surface area contributed by atoms with E-state index in [0.717, 1.165) is 34.8 Å². The van der Waals surface area contributed by atoms with Crippen molar-refractivity contribution in [3.05, 3.63) is 48.6 Å². The van der Waals surface area contributed by atoms with E-state index in [1.807, 2.05) is 0 Å². The second kappa shape index (κ2) is 5.12. The molecule has 2 fully saturated rings. The molecular formula is C20H28Si. The minimum atomic E-state index is -1.22. The third kappa shape index (κ3) is 2.16. The van der Waals surface area contributed by atoms with Gasteiger partial charge in [-0.05, 0) is 47.6 Å². The van der Waals surface area contributed by atoms with Gasteiger partial charge >= 0.3 is 0 Å². The van der Waals surface area contributed by atoms with Gasteiger partial charge in [-0.3, -0.25) is 0 Å². The fraction of sp³-hybridized carbons (Fsp3) is 0.600. The van der Waals surface area contributed by atoms with Crippen molar-refractivity contribution in [3.8, 4) is 0 Å². The summed E-state index contributed by atoms with van der Waals surface area (Å²) in [5.41, 5.74) is 2.01. The summed E-state index contributed by atoms with van der Waals surface area (Å²) in [5, 5.41) is 0. The molecule has 0 aromatic carbocycles. The van der Waals surface area contributed by atoms with E-state index in [4.69, 9.17) is 0 Å². The smallest absolute Gasteiger partial charge is 0.0548 e. The monoisotopic (exact) mass is 296 g/mol. The van der Waals surface area contributed by atoms with Crippen LogP contribution in [-0.4, -0.2) is 8.07 Å². The standard InChI is InChI=1S/C20H28Si/c1-21(2,19-13-11-15-7-3-5-9-17(15)19)20-14-12-16-8-4-6-10-18(16)20/h3-10,15-20H,11-14H2,1-2H3/t15-,16-,17-,18-,19-,20?/m0/s1. The number of fused-ring (bicyclic) bond motifs is 2. The summed E-state index contributed by atoms with van der Waals surface area (Å²) in [6, 6.07) is 0. The Kier molecular flexibility index (Phi) is 3.37. The molecule has 0 radical (unpaired) electrons. The minimum absolute atomic E-state index is 0.853. The Labute approximate surface area is 130 Å². The fourth-order valence-corrected chi connectivity index (χ4v) is 11.0. The molecule has 1 heteroatoms. The van der Waals surface area contributed by atoms with Gasteiger partial charge in [0.2, 0.25) is 0 Å². The van der Waals surface area contributed by atoms with Crippen molar-refractivity contribution < 1.29 is 0 Å². The van der Waals surface area contributed by atoms with Gasteiger partial charge in [0.05, 0.1) is 8.07 Å². The van der Waals surface area contributed by atoms with E-state index < -0.39 is 8.07 Å². The first kappa shape index (κ1) is 13.8. The summed E-state index contributed by atoms with van der Waals surface area (Å²) < 4.78 is 0. The number of hydrogen-bond acceptors (Lipinski definition) is 0. The maximum atomic E-state index is 2.71. The third-order valence-electron chi connectivity index (χ3n) is 7.06. The third-order valence-corrected chi connectivity index (χ3v) is 12.2. The molecule has 21 heavy (non-hydrogen) atoms. The lowest BCUT2D eigenvalue weighted by Gasteiger charge is -2.42. The predicted molar refractivity (Wildman–Crippen MR) is 94.0 cm³/mol. The molecule has 1 unspecified atom stereocenters. The maximum Gasteiger partial charge on any atom is 0.0548 e. The average Bonchev–Trinajstić information content (AvgIpc) is 3.12. The maximum absolute atomic E-state index is 2.71. The van der Waals surface area contributed by atoms with Crippen LogP contribution in [0.2, 0.25) is 24.2 Å². The van der Waals surface area contributed by atoms with Crippen molar-refractivity contribution in [3.63, 3.8) is 0 Å². The quantitative estimate of drug-likeness (QED) is 0.570. The zero-order chi connectivity index (χ0) is 14.4. The zero-order valence-electron chi connectivity index (χ0n) is 13.4. The highest BCUT2D eigenvalue weighted by molar-refractivity contribution is 6.80. The van der Waals surface area contributed by atoms with Gasteiger partial charge in [0.15, 0.2) is 0 Å². The summed E-state index contributed by atoms with van der Waals surface area (Å²) in [5.74, 6) is 3.43. The molecular weight excluding hydrogens is 268 g/mol. The zero-order valence-corrected chi connectivity index (χ0v) is 14.4.